The smallest absolute Gasteiger partial charge is 0.258 e. The minimum Gasteiger partial charge on any atom is -0.494 e. The summed E-state index contributed by atoms with van der Waals surface area (Å²) in [5.41, 5.74) is 4.83. The molecule has 9 nitrogen and oxygen atoms in total. The van der Waals surface area contributed by atoms with E-state index in [1.807, 2.05) is 44.4 Å². The van der Waals surface area contributed by atoms with Crippen molar-refractivity contribution in [3.8, 4) is 40.0 Å². The molecule has 5 aromatic rings. The van der Waals surface area contributed by atoms with Crippen LogP contribution in [0.15, 0.2) is 48.9 Å². The summed E-state index contributed by atoms with van der Waals surface area (Å²) in [5.74, 6) is 2.83. The number of aromatic nitrogens is 6. The zero-order valence-corrected chi connectivity index (χ0v) is 23.1. The first-order valence-electron chi connectivity index (χ1n) is 12.7. The second kappa shape index (κ2) is 10.3. The number of methoxy groups -OCH3 is 1. The van der Waals surface area contributed by atoms with Crippen LogP contribution in [-0.4, -0.2) is 48.7 Å². The second-order valence-corrected chi connectivity index (χ2v) is 10.7. The highest BCUT2D eigenvalue weighted by Gasteiger charge is 2.44. The molecule has 0 radical (unpaired) electrons. The number of benzene rings is 1. The van der Waals surface area contributed by atoms with Gasteiger partial charge in [-0.1, -0.05) is 23.3 Å². The first-order valence-corrected chi connectivity index (χ1v) is 13.5. The third-order valence-corrected chi connectivity index (χ3v) is 7.48. The zero-order chi connectivity index (χ0) is 28.7. The van der Waals surface area contributed by atoms with E-state index in [4.69, 9.17) is 4.74 Å². The van der Waals surface area contributed by atoms with Crippen molar-refractivity contribution in [2.75, 3.05) is 12.4 Å². The number of rotatable bonds is 5. The van der Waals surface area contributed by atoms with Crippen LogP contribution in [0.25, 0.3) is 32.9 Å². The van der Waals surface area contributed by atoms with Crippen molar-refractivity contribution in [1.29, 1.82) is 0 Å². The molecule has 41 heavy (non-hydrogen) atoms. The van der Waals surface area contributed by atoms with Crippen LogP contribution in [-0.2, 0) is 7.05 Å². The molecule has 4 aromatic heterocycles. The predicted molar refractivity (Wildman–Crippen MR) is 151 cm³/mol. The van der Waals surface area contributed by atoms with Crippen molar-refractivity contribution >= 4 is 32.9 Å². The number of halogens is 2. The van der Waals surface area contributed by atoms with E-state index >= 15 is 0 Å². The molecule has 1 fully saturated rings. The largest absolute Gasteiger partial charge is 0.494 e. The average molecular weight is 572 g/mol. The van der Waals surface area contributed by atoms with E-state index in [1.54, 1.807) is 24.1 Å². The summed E-state index contributed by atoms with van der Waals surface area (Å²) in [4.78, 5) is 31.5. The maximum absolute atomic E-state index is 13.6. The number of ether oxygens (including phenoxy) is 1. The molecule has 206 valence electrons. The Hall–Kier alpha value is -4.76. The molecule has 0 bridgehead atoms. The average Bonchev–Trinajstić information content (AvgIpc) is 3.55. The Morgan fingerprint density at radius 3 is 2.71 bits per heavy atom. The molecule has 12 heteroatoms. The maximum Gasteiger partial charge on any atom is 0.258 e. The van der Waals surface area contributed by atoms with E-state index < -0.39 is 5.92 Å². The number of hydrogen-bond acceptors (Lipinski definition) is 8. The van der Waals surface area contributed by atoms with Crippen molar-refractivity contribution in [2.24, 2.45) is 13.0 Å². The van der Waals surface area contributed by atoms with Crippen LogP contribution < -0.4 is 10.1 Å². The third kappa shape index (κ3) is 5.49. The summed E-state index contributed by atoms with van der Waals surface area (Å²) in [6.07, 6.45) is 4.46. The molecular formula is C29H23F2N7O2S. The van der Waals surface area contributed by atoms with Gasteiger partial charge in [-0.15, -0.1) is 0 Å². The van der Waals surface area contributed by atoms with Crippen molar-refractivity contribution in [2.45, 2.75) is 25.7 Å². The monoisotopic (exact) mass is 571 g/mol. The lowest BCUT2D eigenvalue weighted by atomic mass is 9.82. The molecule has 1 aliphatic carbocycles. The molecule has 1 aromatic carbocycles. The first kappa shape index (κ1) is 26.5. The summed E-state index contributed by atoms with van der Waals surface area (Å²) in [6.45, 7) is 1.87. The number of alkyl halides is 2. The Balaban J connectivity index is 1.31. The molecule has 1 aliphatic rings. The third-order valence-electron chi connectivity index (χ3n) is 6.63. The minimum absolute atomic E-state index is 0.234. The van der Waals surface area contributed by atoms with Gasteiger partial charge in [-0.25, -0.2) is 18.7 Å². The predicted octanol–water partition coefficient (Wildman–Crippen LogP) is 5.51. The highest BCUT2D eigenvalue weighted by molar-refractivity contribution is 7.21. The topological polar surface area (TPSA) is 108 Å². The maximum atomic E-state index is 13.6. The van der Waals surface area contributed by atoms with Gasteiger partial charge in [-0.2, -0.15) is 10.1 Å². The number of amides is 1. The zero-order valence-electron chi connectivity index (χ0n) is 22.3. The Kier molecular flexibility index (Phi) is 6.67. The van der Waals surface area contributed by atoms with Gasteiger partial charge >= 0.3 is 0 Å². The van der Waals surface area contributed by atoms with Gasteiger partial charge in [0.2, 0.25) is 0 Å². The van der Waals surface area contributed by atoms with Crippen LogP contribution in [0.2, 0.25) is 0 Å². The SMILES string of the molecule is COc1cnc(C)cc1-c1cc(-c2ccn(C)n2)ccc1C(=O)Nc1nc2ncc(C#CC3CC(F)(F)C3)nc2s1. The van der Waals surface area contributed by atoms with Crippen LogP contribution in [0, 0.1) is 24.7 Å². The number of aryl methyl sites for hydroxylation is 2. The van der Waals surface area contributed by atoms with E-state index in [0.29, 0.717) is 43.7 Å². The van der Waals surface area contributed by atoms with Crippen molar-refractivity contribution in [3.63, 3.8) is 0 Å². The molecule has 0 unspecified atom stereocenters. The van der Waals surface area contributed by atoms with E-state index in [2.05, 4.69) is 42.2 Å². The summed E-state index contributed by atoms with van der Waals surface area (Å²) in [6, 6.07) is 9.25. The summed E-state index contributed by atoms with van der Waals surface area (Å²) >= 11 is 1.15. The van der Waals surface area contributed by atoms with Gasteiger partial charge in [-0.05, 0) is 42.7 Å². The molecule has 1 amide bonds. The van der Waals surface area contributed by atoms with E-state index in [9.17, 15) is 13.6 Å². The van der Waals surface area contributed by atoms with Crippen LogP contribution in [0.4, 0.5) is 13.9 Å². The van der Waals surface area contributed by atoms with Gasteiger partial charge in [0.25, 0.3) is 11.8 Å². The number of nitrogens with one attached hydrogen (secondary N) is 1. The number of fused-ring (bicyclic) bond motifs is 1. The Bertz CT molecular complexity index is 1860. The Labute approximate surface area is 237 Å². The number of pyridine rings is 1. The van der Waals surface area contributed by atoms with E-state index in [0.717, 1.165) is 28.3 Å². The lowest BCUT2D eigenvalue weighted by Gasteiger charge is -2.31. The van der Waals surface area contributed by atoms with Gasteiger partial charge in [0.1, 0.15) is 11.4 Å². The Morgan fingerprint density at radius 2 is 1.98 bits per heavy atom. The fourth-order valence-corrected chi connectivity index (χ4v) is 5.35. The van der Waals surface area contributed by atoms with Gasteiger partial charge < -0.3 is 4.74 Å². The van der Waals surface area contributed by atoms with E-state index in [-0.39, 0.29) is 24.7 Å². The number of hydrogen-bond donors (Lipinski definition) is 1. The highest BCUT2D eigenvalue weighted by Crippen LogP contribution is 2.42. The van der Waals surface area contributed by atoms with Gasteiger partial charge in [-0.3, -0.25) is 19.8 Å². The molecule has 0 atom stereocenters. The van der Waals surface area contributed by atoms with Crippen molar-refractivity contribution < 1.29 is 18.3 Å². The standard InChI is InChI=1S/C29H23F2N7O2S/c1-16-10-22(24(40-3)15-32-16)21-11-18(23-8-9-38(2)37-23)5-7-20(21)26(39)36-28-35-25-27(41-28)34-19(14-33-25)6-4-17-12-29(30,31)13-17/h5,7-11,14-15,17H,12-13H2,1-3H3,(H,33,35,36,39). The molecule has 0 spiro atoms. The molecule has 4 heterocycles. The molecular weight excluding hydrogens is 548 g/mol. The molecule has 6 rings (SSSR count). The van der Waals surface area contributed by atoms with Gasteiger partial charge in [0, 0.05) is 54.4 Å². The molecule has 0 saturated heterocycles. The second-order valence-electron chi connectivity index (χ2n) is 9.75. The highest BCUT2D eigenvalue weighted by atomic mass is 32.1. The van der Waals surface area contributed by atoms with Crippen LogP contribution in [0.5, 0.6) is 5.75 Å². The normalized spacial score (nSPS) is 14.3. The summed E-state index contributed by atoms with van der Waals surface area (Å²) in [7, 11) is 3.40. The Morgan fingerprint density at radius 1 is 1.15 bits per heavy atom. The molecule has 0 aliphatic heterocycles. The van der Waals surface area contributed by atoms with Gasteiger partial charge in [0.15, 0.2) is 15.6 Å². The van der Waals surface area contributed by atoms with Gasteiger partial charge in [0.05, 0.1) is 25.2 Å². The fourth-order valence-electron chi connectivity index (χ4n) is 4.55. The summed E-state index contributed by atoms with van der Waals surface area (Å²) in [5, 5.41) is 7.67. The fraction of sp³-hybridized carbons (Fsp3) is 0.241. The van der Waals surface area contributed by atoms with E-state index in [1.165, 1.54) is 6.20 Å². The van der Waals surface area contributed by atoms with Crippen molar-refractivity contribution in [1.82, 2.24) is 29.7 Å². The number of thiazole rings is 1. The van der Waals surface area contributed by atoms with Crippen LogP contribution in [0.1, 0.15) is 34.6 Å². The van der Waals surface area contributed by atoms with Crippen LogP contribution in [0.3, 0.4) is 0 Å². The number of carbonyl (C=O) groups is 1. The minimum atomic E-state index is -2.63. The molecule has 1 N–H and O–H groups in total. The lowest BCUT2D eigenvalue weighted by Crippen LogP contribution is -2.34. The number of carbonyl (C=O) groups excluding carboxylic acids is 1. The quantitative estimate of drug-likeness (QED) is 0.277. The first-order chi connectivity index (χ1) is 19.7. The number of nitrogens with zero attached hydrogens (tertiary/aromatic N) is 6. The number of anilines is 1. The van der Waals surface area contributed by atoms with Crippen molar-refractivity contribution in [3.05, 3.63) is 65.9 Å². The van der Waals surface area contributed by atoms with Crippen LogP contribution >= 0.6 is 11.3 Å². The molecule has 1 saturated carbocycles. The lowest BCUT2D eigenvalue weighted by molar-refractivity contribution is -0.0936. The summed E-state index contributed by atoms with van der Waals surface area (Å²) < 4.78 is 33.4.